The van der Waals surface area contributed by atoms with Crippen molar-refractivity contribution in [1.82, 2.24) is 5.32 Å². The molecule has 2 N–H and O–H groups in total. The van der Waals surface area contributed by atoms with Crippen LogP contribution in [0, 0.1) is 5.92 Å². The molecule has 7 heteroatoms. The van der Waals surface area contributed by atoms with Crippen molar-refractivity contribution >= 4 is 28.5 Å². The fourth-order valence-electron chi connectivity index (χ4n) is 4.27. The van der Waals surface area contributed by atoms with Crippen molar-refractivity contribution in [2.45, 2.75) is 43.6 Å². The molecule has 7 nitrogen and oxygen atoms in total. The molecule has 2 saturated heterocycles. The highest BCUT2D eigenvalue weighted by Gasteiger charge is 2.50. The summed E-state index contributed by atoms with van der Waals surface area (Å²) in [6.07, 6.45) is 1.34. The van der Waals surface area contributed by atoms with Gasteiger partial charge in [0.1, 0.15) is 12.2 Å². The first-order valence-electron chi connectivity index (χ1n) is 10.2. The first-order chi connectivity index (χ1) is 14.2. The standard InChI is InChI=1S/C22H24N2O5/c25-21(14-7-3-8-14)23-17-11-27-20-18(12-28-19(17)20)29-22(26)24-16-10-4-6-13-5-1-2-9-15(13)16/h1-2,4-6,9-10,14,17-20H,3,7-8,11-12H2,(H,23,25)(H,24,26)/t17-,18+,19+,20+/m0/s1. The maximum absolute atomic E-state index is 12.5. The van der Waals surface area contributed by atoms with Crippen LogP contribution in [0.25, 0.3) is 10.8 Å². The van der Waals surface area contributed by atoms with Crippen LogP contribution >= 0.6 is 0 Å². The normalized spacial score (nSPS) is 28.6. The summed E-state index contributed by atoms with van der Waals surface area (Å²) < 4.78 is 17.2. The van der Waals surface area contributed by atoms with Crippen molar-refractivity contribution in [2.24, 2.45) is 5.92 Å². The zero-order valence-corrected chi connectivity index (χ0v) is 16.0. The highest BCUT2D eigenvalue weighted by Crippen LogP contribution is 2.31. The van der Waals surface area contributed by atoms with E-state index in [0.29, 0.717) is 12.3 Å². The van der Waals surface area contributed by atoms with Crippen molar-refractivity contribution in [3.63, 3.8) is 0 Å². The molecule has 2 aromatic rings. The molecule has 0 unspecified atom stereocenters. The van der Waals surface area contributed by atoms with Crippen molar-refractivity contribution in [3.8, 4) is 0 Å². The topological polar surface area (TPSA) is 85.9 Å². The Balaban J connectivity index is 1.19. The Kier molecular flexibility index (Phi) is 4.85. The predicted octanol–water partition coefficient (Wildman–Crippen LogP) is 2.84. The van der Waals surface area contributed by atoms with E-state index in [4.69, 9.17) is 14.2 Å². The number of hydrogen-bond donors (Lipinski definition) is 2. The Morgan fingerprint density at radius 3 is 2.59 bits per heavy atom. The lowest BCUT2D eigenvalue weighted by Gasteiger charge is -2.27. The highest BCUT2D eigenvalue weighted by atomic mass is 16.6. The van der Waals surface area contributed by atoms with E-state index < -0.39 is 12.2 Å². The summed E-state index contributed by atoms with van der Waals surface area (Å²) >= 11 is 0. The number of ether oxygens (including phenoxy) is 3. The molecule has 1 aliphatic carbocycles. The van der Waals surface area contributed by atoms with Gasteiger partial charge in [0.05, 0.1) is 24.9 Å². The fourth-order valence-corrected chi connectivity index (χ4v) is 4.27. The molecule has 29 heavy (non-hydrogen) atoms. The van der Waals surface area contributed by atoms with Gasteiger partial charge in [-0.1, -0.05) is 42.8 Å². The van der Waals surface area contributed by atoms with Gasteiger partial charge in [-0.15, -0.1) is 0 Å². The lowest BCUT2D eigenvalue weighted by atomic mass is 9.84. The minimum Gasteiger partial charge on any atom is -0.441 e. The summed E-state index contributed by atoms with van der Waals surface area (Å²) in [5.41, 5.74) is 0.696. The largest absolute Gasteiger partial charge is 0.441 e. The predicted molar refractivity (Wildman–Crippen MR) is 107 cm³/mol. The van der Waals surface area contributed by atoms with Crippen LogP contribution in [0.3, 0.4) is 0 Å². The zero-order chi connectivity index (χ0) is 19.8. The third kappa shape index (κ3) is 3.56. The van der Waals surface area contributed by atoms with E-state index in [1.807, 2.05) is 42.5 Å². The van der Waals surface area contributed by atoms with Crippen LogP contribution in [0.2, 0.25) is 0 Å². The Morgan fingerprint density at radius 1 is 0.966 bits per heavy atom. The Labute approximate surface area is 168 Å². The average Bonchev–Trinajstić information content (AvgIpc) is 3.24. The monoisotopic (exact) mass is 396 g/mol. The first kappa shape index (κ1) is 18.4. The smallest absolute Gasteiger partial charge is 0.412 e. The van der Waals surface area contributed by atoms with E-state index in [1.165, 1.54) is 0 Å². The number of fused-ring (bicyclic) bond motifs is 2. The number of benzene rings is 2. The number of anilines is 1. The molecule has 2 aromatic carbocycles. The maximum Gasteiger partial charge on any atom is 0.412 e. The van der Waals surface area contributed by atoms with Gasteiger partial charge in [0.25, 0.3) is 0 Å². The average molecular weight is 396 g/mol. The molecule has 0 bridgehead atoms. The van der Waals surface area contributed by atoms with Gasteiger partial charge in [-0.05, 0) is 24.3 Å². The van der Waals surface area contributed by atoms with Crippen LogP contribution < -0.4 is 10.6 Å². The lowest BCUT2D eigenvalue weighted by molar-refractivity contribution is -0.128. The number of amides is 2. The number of carbonyl (C=O) groups is 2. The highest BCUT2D eigenvalue weighted by molar-refractivity contribution is 6.00. The minimum atomic E-state index is -0.541. The quantitative estimate of drug-likeness (QED) is 0.830. The second kappa shape index (κ2) is 7.65. The van der Waals surface area contributed by atoms with E-state index in [-0.39, 0.29) is 36.7 Å². The van der Waals surface area contributed by atoms with Crippen molar-refractivity contribution in [3.05, 3.63) is 42.5 Å². The van der Waals surface area contributed by atoms with Gasteiger partial charge in [-0.25, -0.2) is 4.79 Å². The molecular formula is C22H24N2O5. The molecule has 0 aromatic heterocycles. The van der Waals surface area contributed by atoms with Gasteiger partial charge >= 0.3 is 6.09 Å². The summed E-state index contributed by atoms with van der Waals surface area (Å²) in [4.78, 5) is 24.7. The number of hydrogen-bond acceptors (Lipinski definition) is 5. The molecule has 0 radical (unpaired) electrons. The van der Waals surface area contributed by atoms with Crippen molar-refractivity contribution < 1.29 is 23.8 Å². The van der Waals surface area contributed by atoms with E-state index in [0.717, 1.165) is 30.0 Å². The first-order valence-corrected chi connectivity index (χ1v) is 10.2. The van der Waals surface area contributed by atoms with Crippen molar-refractivity contribution in [1.29, 1.82) is 0 Å². The van der Waals surface area contributed by atoms with Gasteiger partial charge in [-0.3, -0.25) is 10.1 Å². The second-order valence-corrected chi connectivity index (χ2v) is 7.93. The van der Waals surface area contributed by atoms with E-state index >= 15 is 0 Å². The molecule has 2 amide bonds. The number of nitrogens with one attached hydrogen (secondary N) is 2. The zero-order valence-electron chi connectivity index (χ0n) is 16.0. The van der Waals surface area contributed by atoms with Crippen LogP contribution in [0.4, 0.5) is 10.5 Å². The molecular weight excluding hydrogens is 372 g/mol. The molecule has 4 atom stereocenters. The summed E-state index contributed by atoms with van der Waals surface area (Å²) in [5, 5.41) is 7.85. The molecule has 3 aliphatic rings. The number of carbonyl (C=O) groups excluding carboxylic acids is 2. The molecule has 1 saturated carbocycles. The van der Waals surface area contributed by atoms with E-state index in [1.54, 1.807) is 0 Å². The SMILES string of the molecule is O=C(Nc1cccc2ccccc12)O[C@@H]1CO[C@H]2[C@@H]1OC[C@@H]2NC(=O)C1CCC1. The minimum absolute atomic E-state index is 0.0761. The summed E-state index contributed by atoms with van der Waals surface area (Å²) in [5.74, 6) is 0.196. The van der Waals surface area contributed by atoms with Crippen molar-refractivity contribution in [2.75, 3.05) is 18.5 Å². The van der Waals surface area contributed by atoms with Crippen LogP contribution in [-0.4, -0.2) is 49.6 Å². The third-order valence-corrected chi connectivity index (χ3v) is 6.10. The van der Waals surface area contributed by atoms with Crippen LogP contribution in [0.15, 0.2) is 42.5 Å². The van der Waals surface area contributed by atoms with Crippen LogP contribution in [0.1, 0.15) is 19.3 Å². The van der Waals surface area contributed by atoms with Gasteiger partial charge < -0.3 is 19.5 Å². The van der Waals surface area contributed by atoms with Gasteiger partial charge in [0.2, 0.25) is 5.91 Å². The van der Waals surface area contributed by atoms with Crippen LogP contribution in [0.5, 0.6) is 0 Å². The summed E-state index contributed by atoms with van der Waals surface area (Å²) in [6.45, 7) is 0.632. The Hall–Kier alpha value is -2.64. The second-order valence-electron chi connectivity index (χ2n) is 7.93. The third-order valence-electron chi connectivity index (χ3n) is 6.10. The molecule has 152 valence electrons. The Morgan fingerprint density at radius 2 is 1.76 bits per heavy atom. The molecule has 0 spiro atoms. The maximum atomic E-state index is 12.5. The molecule has 2 heterocycles. The lowest BCUT2D eigenvalue weighted by Crippen LogP contribution is -2.47. The fraction of sp³-hybridized carbons (Fsp3) is 0.455. The van der Waals surface area contributed by atoms with Crippen LogP contribution in [-0.2, 0) is 19.0 Å². The molecule has 5 rings (SSSR count). The van der Waals surface area contributed by atoms with Gasteiger partial charge in [0, 0.05) is 11.3 Å². The van der Waals surface area contributed by atoms with E-state index in [2.05, 4.69) is 10.6 Å². The summed E-state index contributed by atoms with van der Waals surface area (Å²) in [7, 11) is 0. The number of rotatable bonds is 4. The van der Waals surface area contributed by atoms with Gasteiger partial charge in [-0.2, -0.15) is 0 Å². The Bertz CT molecular complexity index is 923. The molecule has 2 aliphatic heterocycles. The van der Waals surface area contributed by atoms with E-state index in [9.17, 15) is 9.59 Å². The molecule has 3 fully saturated rings. The van der Waals surface area contributed by atoms with Gasteiger partial charge in [0.15, 0.2) is 6.10 Å². The summed E-state index contributed by atoms with van der Waals surface area (Å²) in [6, 6.07) is 13.4.